The number of nitrogens with zero attached hydrogens (tertiary/aromatic N) is 2. The van der Waals surface area contributed by atoms with Crippen LogP contribution < -0.4 is 14.8 Å². The summed E-state index contributed by atoms with van der Waals surface area (Å²) in [5.41, 5.74) is 3.10. The lowest BCUT2D eigenvalue weighted by Gasteiger charge is -2.12. The van der Waals surface area contributed by atoms with E-state index in [1.807, 2.05) is 65.4 Å². The van der Waals surface area contributed by atoms with Crippen LogP contribution in [0.4, 0.5) is 10.5 Å². The Balaban J connectivity index is 1.23. The summed E-state index contributed by atoms with van der Waals surface area (Å²) in [7, 11) is 0. The minimum absolute atomic E-state index is 0.0677. The maximum atomic E-state index is 13.1. The van der Waals surface area contributed by atoms with Gasteiger partial charge in [0.2, 0.25) is 12.7 Å². The maximum absolute atomic E-state index is 13.1. The van der Waals surface area contributed by atoms with Gasteiger partial charge >= 0.3 is 0 Å². The molecule has 3 amide bonds. The van der Waals surface area contributed by atoms with E-state index in [0.29, 0.717) is 22.1 Å². The summed E-state index contributed by atoms with van der Waals surface area (Å²) in [6.45, 7) is 0.458. The van der Waals surface area contributed by atoms with Crippen LogP contribution in [0.1, 0.15) is 11.1 Å². The minimum Gasteiger partial charge on any atom is -0.454 e. The average molecular weight is 512 g/mol. The predicted octanol–water partition coefficient (Wildman–Crippen LogP) is 5.25. The van der Waals surface area contributed by atoms with Crippen LogP contribution in [0.2, 0.25) is 0 Å². The molecule has 0 saturated carbocycles. The zero-order valence-electron chi connectivity index (χ0n) is 19.5. The van der Waals surface area contributed by atoms with Gasteiger partial charge in [0.1, 0.15) is 6.54 Å². The molecule has 9 heteroatoms. The van der Waals surface area contributed by atoms with E-state index in [1.165, 1.54) is 4.90 Å². The number of rotatable bonds is 6. The number of anilines is 1. The van der Waals surface area contributed by atoms with Crippen LogP contribution in [0.25, 0.3) is 17.0 Å². The SMILES string of the molecule is O=C(Cn1cc(C=C2SC(=O)N(Cc3ccccc3)C2=O)c2ccccc21)Nc1ccc2c(c1)OCO2. The number of aromatic nitrogens is 1. The second-order valence-corrected chi connectivity index (χ2v) is 9.59. The molecule has 3 aromatic carbocycles. The summed E-state index contributed by atoms with van der Waals surface area (Å²) in [4.78, 5) is 40.1. The van der Waals surface area contributed by atoms with Crippen molar-refractivity contribution in [3.05, 3.63) is 95.0 Å². The molecular formula is C28H21N3O5S. The molecule has 2 aliphatic rings. The molecule has 1 fully saturated rings. The first kappa shape index (κ1) is 22.9. The number of amides is 3. The van der Waals surface area contributed by atoms with Gasteiger partial charge in [0.15, 0.2) is 11.5 Å². The number of para-hydroxylation sites is 1. The van der Waals surface area contributed by atoms with Crippen molar-refractivity contribution in [3.8, 4) is 11.5 Å². The summed E-state index contributed by atoms with van der Waals surface area (Å²) in [6, 6.07) is 22.3. The van der Waals surface area contributed by atoms with Gasteiger partial charge in [0, 0.05) is 34.4 Å². The van der Waals surface area contributed by atoms with Gasteiger partial charge < -0.3 is 19.4 Å². The highest BCUT2D eigenvalue weighted by atomic mass is 32.2. The van der Waals surface area contributed by atoms with Gasteiger partial charge in [-0.15, -0.1) is 0 Å². The van der Waals surface area contributed by atoms with Gasteiger partial charge in [-0.05, 0) is 41.6 Å². The lowest BCUT2D eigenvalue weighted by Crippen LogP contribution is -2.27. The third kappa shape index (κ3) is 4.56. The molecule has 0 radical (unpaired) electrons. The Morgan fingerprint density at radius 3 is 2.62 bits per heavy atom. The quantitative estimate of drug-likeness (QED) is 0.356. The Morgan fingerprint density at radius 1 is 0.973 bits per heavy atom. The van der Waals surface area contributed by atoms with Gasteiger partial charge in [0.25, 0.3) is 11.1 Å². The molecule has 8 nitrogen and oxygen atoms in total. The zero-order valence-corrected chi connectivity index (χ0v) is 20.4. The van der Waals surface area contributed by atoms with Crippen LogP contribution in [-0.2, 0) is 22.7 Å². The third-order valence-electron chi connectivity index (χ3n) is 6.13. The number of carbonyl (C=O) groups excluding carboxylic acids is 3. The lowest BCUT2D eigenvalue weighted by atomic mass is 10.1. The number of benzene rings is 3. The molecule has 0 aliphatic carbocycles. The number of thioether (sulfide) groups is 1. The van der Waals surface area contributed by atoms with E-state index in [-0.39, 0.29) is 36.9 Å². The molecule has 0 atom stereocenters. The first-order valence-electron chi connectivity index (χ1n) is 11.6. The highest BCUT2D eigenvalue weighted by Gasteiger charge is 2.35. The normalized spacial score (nSPS) is 15.7. The van der Waals surface area contributed by atoms with E-state index in [9.17, 15) is 14.4 Å². The highest BCUT2D eigenvalue weighted by molar-refractivity contribution is 8.18. The van der Waals surface area contributed by atoms with E-state index >= 15 is 0 Å². The van der Waals surface area contributed by atoms with Gasteiger partial charge in [-0.2, -0.15) is 0 Å². The molecule has 1 saturated heterocycles. The van der Waals surface area contributed by atoms with Gasteiger partial charge in [-0.3, -0.25) is 19.3 Å². The third-order valence-corrected chi connectivity index (χ3v) is 7.04. The number of fused-ring (bicyclic) bond motifs is 2. The van der Waals surface area contributed by atoms with E-state index in [1.54, 1.807) is 24.3 Å². The molecule has 37 heavy (non-hydrogen) atoms. The maximum Gasteiger partial charge on any atom is 0.293 e. The van der Waals surface area contributed by atoms with E-state index in [2.05, 4.69) is 5.32 Å². The van der Waals surface area contributed by atoms with Crippen molar-refractivity contribution in [1.82, 2.24) is 9.47 Å². The van der Waals surface area contributed by atoms with Crippen LogP contribution in [-0.4, -0.2) is 33.3 Å². The lowest BCUT2D eigenvalue weighted by molar-refractivity contribution is -0.123. The van der Waals surface area contributed by atoms with Gasteiger partial charge in [0.05, 0.1) is 11.4 Å². The van der Waals surface area contributed by atoms with E-state index in [4.69, 9.17) is 9.47 Å². The molecule has 184 valence electrons. The van der Waals surface area contributed by atoms with Crippen molar-refractivity contribution in [2.45, 2.75) is 13.1 Å². The predicted molar refractivity (Wildman–Crippen MR) is 141 cm³/mol. The smallest absolute Gasteiger partial charge is 0.293 e. The minimum atomic E-state index is -0.323. The Morgan fingerprint density at radius 2 is 1.76 bits per heavy atom. The van der Waals surface area contributed by atoms with Crippen molar-refractivity contribution in [2.75, 3.05) is 12.1 Å². The van der Waals surface area contributed by atoms with Gasteiger partial charge in [-0.1, -0.05) is 48.5 Å². The number of hydrogen-bond acceptors (Lipinski definition) is 6. The fourth-order valence-electron chi connectivity index (χ4n) is 4.39. The number of imide groups is 1. The van der Waals surface area contributed by atoms with Gasteiger partial charge in [-0.25, -0.2) is 0 Å². The zero-order chi connectivity index (χ0) is 25.4. The molecule has 1 N–H and O–H groups in total. The topological polar surface area (TPSA) is 89.9 Å². The van der Waals surface area contributed by atoms with Crippen LogP contribution >= 0.6 is 11.8 Å². The van der Waals surface area contributed by atoms with Crippen LogP contribution in [0, 0.1) is 0 Å². The number of ether oxygens (including phenoxy) is 2. The number of hydrogen-bond donors (Lipinski definition) is 1. The van der Waals surface area contributed by atoms with E-state index < -0.39 is 0 Å². The fraction of sp³-hybridized carbons (Fsp3) is 0.107. The Kier molecular flexibility index (Phi) is 5.90. The molecule has 0 spiro atoms. The summed E-state index contributed by atoms with van der Waals surface area (Å²) >= 11 is 0.927. The van der Waals surface area contributed by atoms with Crippen LogP contribution in [0.3, 0.4) is 0 Å². The fourth-order valence-corrected chi connectivity index (χ4v) is 5.22. The molecule has 1 aromatic heterocycles. The van der Waals surface area contributed by atoms with Crippen molar-refractivity contribution in [1.29, 1.82) is 0 Å². The second kappa shape index (κ2) is 9.51. The molecule has 2 aliphatic heterocycles. The summed E-state index contributed by atoms with van der Waals surface area (Å²) in [5, 5.41) is 3.47. The molecule has 3 heterocycles. The Bertz CT molecular complexity index is 1580. The molecular weight excluding hydrogens is 490 g/mol. The van der Waals surface area contributed by atoms with Crippen molar-refractivity contribution < 1.29 is 23.9 Å². The average Bonchev–Trinajstić information content (AvgIpc) is 3.58. The number of carbonyl (C=O) groups is 3. The summed E-state index contributed by atoms with van der Waals surface area (Å²) in [5.74, 6) is 0.700. The monoisotopic (exact) mass is 511 g/mol. The van der Waals surface area contributed by atoms with Crippen molar-refractivity contribution in [3.63, 3.8) is 0 Å². The van der Waals surface area contributed by atoms with Crippen LogP contribution in [0.15, 0.2) is 83.9 Å². The largest absolute Gasteiger partial charge is 0.454 e. The standard InChI is InChI=1S/C28H21N3O5S/c32-26(29-20-10-11-23-24(13-20)36-17-35-23)16-30-15-19(21-8-4-5-9-22(21)30)12-25-27(33)31(28(34)37-25)14-18-6-2-1-3-7-18/h1-13,15H,14,16-17H2,(H,29,32). The first-order valence-corrected chi connectivity index (χ1v) is 12.4. The first-order chi connectivity index (χ1) is 18.0. The highest BCUT2D eigenvalue weighted by Crippen LogP contribution is 2.36. The Hall–Kier alpha value is -4.50. The summed E-state index contributed by atoms with van der Waals surface area (Å²) in [6.07, 6.45) is 3.56. The van der Waals surface area contributed by atoms with Crippen molar-refractivity contribution >= 4 is 51.5 Å². The molecule has 0 bridgehead atoms. The molecule has 4 aromatic rings. The summed E-state index contributed by atoms with van der Waals surface area (Å²) < 4.78 is 12.5. The van der Waals surface area contributed by atoms with E-state index in [0.717, 1.165) is 33.8 Å². The molecule has 6 rings (SSSR count). The number of nitrogens with one attached hydrogen (secondary N) is 1. The van der Waals surface area contributed by atoms with Crippen molar-refractivity contribution in [2.24, 2.45) is 0 Å². The Labute approximate surface area is 216 Å². The second-order valence-electron chi connectivity index (χ2n) is 8.60. The molecule has 0 unspecified atom stereocenters. The van der Waals surface area contributed by atoms with Crippen LogP contribution in [0.5, 0.6) is 11.5 Å².